The van der Waals surface area contributed by atoms with Crippen LogP contribution in [0.1, 0.15) is 25.3 Å². The smallest absolute Gasteiger partial charge is 0.243 e. The summed E-state index contributed by atoms with van der Waals surface area (Å²) in [5, 5.41) is 3.19. The van der Waals surface area contributed by atoms with Crippen LogP contribution in [0.25, 0.3) is 0 Å². The van der Waals surface area contributed by atoms with Crippen LogP contribution in [-0.4, -0.2) is 38.9 Å². The molecule has 0 bridgehead atoms. The van der Waals surface area contributed by atoms with Gasteiger partial charge in [0.25, 0.3) is 0 Å². The highest BCUT2D eigenvalue weighted by molar-refractivity contribution is 7.89. The van der Waals surface area contributed by atoms with E-state index in [1.165, 1.54) is 22.5 Å². The molecule has 4 nitrogen and oxygen atoms in total. The molecule has 2 atom stereocenters. The summed E-state index contributed by atoms with van der Waals surface area (Å²) < 4.78 is 40.2. The van der Waals surface area contributed by atoms with E-state index in [9.17, 15) is 12.8 Å². The molecule has 6 heteroatoms. The molecule has 1 fully saturated rings. The number of hydrogen-bond acceptors (Lipinski definition) is 3. The van der Waals surface area contributed by atoms with Crippen molar-refractivity contribution in [3.8, 4) is 0 Å². The van der Waals surface area contributed by atoms with Gasteiger partial charge in [-0.2, -0.15) is 4.31 Å². The lowest BCUT2D eigenvalue weighted by Gasteiger charge is -2.35. The van der Waals surface area contributed by atoms with Gasteiger partial charge in [-0.3, -0.25) is 0 Å². The molecule has 2 rings (SSSR count). The zero-order chi connectivity index (χ0) is 15.6. The zero-order valence-electron chi connectivity index (χ0n) is 12.8. The average molecular weight is 314 g/mol. The van der Waals surface area contributed by atoms with E-state index in [1.807, 2.05) is 7.05 Å². The van der Waals surface area contributed by atoms with Gasteiger partial charge in [-0.25, -0.2) is 12.8 Å². The molecule has 0 radical (unpaired) electrons. The molecule has 1 aliphatic heterocycles. The van der Waals surface area contributed by atoms with Crippen molar-refractivity contribution in [2.45, 2.75) is 37.6 Å². The van der Waals surface area contributed by atoms with Gasteiger partial charge < -0.3 is 5.32 Å². The summed E-state index contributed by atoms with van der Waals surface area (Å²) in [5.41, 5.74) is 0.457. The van der Waals surface area contributed by atoms with Gasteiger partial charge in [0, 0.05) is 19.1 Å². The minimum absolute atomic E-state index is 0.210. The molecule has 21 heavy (non-hydrogen) atoms. The van der Waals surface area contributed by atoms with E-state index in [-0.39, 0.29) is 10.9 Å². The maximum absolute atomic E-state index is 13.2. The monoisotopic (exact) mass is 314 g/mol. The van der Waals surface area contributed by atoms with Crippen LogP contribution in [0.5, 0.6) is 0 Å². The summed E-state index contributed by atoms with van der Waals surface area (Å²) in [6.07, 6.45) is 1.88. The van der Waals surface area contributed by atoms with Gasteiger partial charge in [0.15, 0.2) is 0 Å². The van der Waals surface area contributed by atoms with Crippen LogP contribution in [0, 0.1) is 18.7 Å². The number of aryl methyl sites for hydroxylation is 1. The van der Waals surface area contributed by atoms with Crippen LogP contribution in [0.3, 0.4) is 0 Å². The molecular formula is C15H23FN2O2S. The Bertz CT molecular complexity index is 604. The number of nitrogens with zero attached hydrogens (tertiary/aromatic N) is 1. The molecule has 0 amide bonds. The highest BCUT2D eigenvalue weighted by Gasteiger charge is 2.32. The van der Waals surface area contributed by atoms with Crippen molar-refractivity contribution in [1.82, 2.24) is 9.62 Å². The van der Waals surface area contributed by atoms with Crippen LogP contribution in [0.2, 0.25) is 0 Å². The molecule has 1 aliphatic rings. The number of benzene rings is 1. The fourth-order valence-electron chi connectivity index (χ4n) is 2.88. The minimum Gasteiger partial charge on any atom is -0.317 e. The van der Waals surface area contributed by atoms with E-state index in [1.54, 1.807) is 6.92 Å². The SMILES string of the molecule is CNC(C)C1CCCN(S(=O)(=O)c2ccc(F)cc2C)C1. The largest absolute Gasteiger partial charge is 0.317 e. The second kappa shape index (κ2) is 6.42. The van der Waals surface area contributed by atoms with E-state index in [4.69, 9.17) is 0 Å². The van der Waals surface area contributed by atoms with Crippen molar-refractivity contribution in [3.63, 3.8) is 0 Å². The van der Waals surface area contributed by atoms with Crippen LogP contribution < -0.4 is 5.32 Å². The lowest BCUT2D eigenvalue weighted by atomic mass is 9.93. The first kappa shape index (κ1) is 16.4. The topological polar surface area (TPSA) is 49.4 Å². The Morgan fingerprint density at radius 2 is 2.14 bits per heavy atom. The van der Waals surface area contributed by atoms with Crippen molar-refractivity contribution < 1.29 is 12.8 Å². The molecule has 0 spiro atoms. The first-order valence-corrected chi connectivity index (χ1v) is 8.74. The Morgan fingerprint density at radius 1 is 1.43 bits per heavy atom. The number of piperidine rings is 1. The second-order valence-corrected chi connectivity index (χ2v) is 7.66. The van der Waals surface area contributed by atoms with E-state index < -0.39 is 15.8 Å². The Kier molecular flexibility index (Phi) is 5.01. The number of rotatable bonds is 4. The first-order chi connectivity index (χ1) is 9.86. The summed E-state index contributed by atoms with van der Waals surface area (Å²) in [7, 11) is -1.65. The molecule has 0 aliphatic carbocycles. The first-order valence-electron chi connectivity index (χ1n) is 7.30. The van der Waals surface area contributed by atoms with Crippen molar-refractivity contribution in [3.05, 3.63) is 29.6 Å². The highest BCUT2D eigenvalue weighted by Crippen LogP contribution is 2.27. The number of sulfonamides is 1. The Balaban J connectivity index is 2.26. The molecule has 2 unspecified atom stereocenters. The summed E-state index contributed by atoms with van der Waals surface area (Å²) >= 11 is 0. The molecule has 1 N–H and O–H groups in total. The van der Waals surface area contributed by atoms with Gasteiger partial charge in [0.05, 0.1) is 4.90 Å². The lowest BCUT2D eigenvalue weighted by molar-refractivity contribution is 0.229. The van der Waals surface area contributed by atoms with E-state index in [0.29, 0.717) is 24.6 Å². The maximum Gasteiger partial charge on any atom is 0.243 e. The van der Waals surface area contributed by atoms with Gasteiger partial charge in [-0.15, -0.1) is 0 Å². The third kappa shape index (κ3) is 3.44. The van der Waals surface area contributed by atoms with Crippen LogP contribution >= 0.6 is 0 Å². The fraction of sp³-hybridized carbons (Fsp3) is 0.600. The number of halogens is 1. The third-order valence-electron chi connectivity index (χ3n) is 4.34. The van der Waals surface area contributed by atoms with Crippen molar-refractivity contribution in [2.24, 2.45) is 5.92 Å². The molecule has 1 aromatic rings. The van der Waals surface area contributed by atoms with Crippen molar-refractivity contribution in [1.29, 1.82) is 0 Å². The normalized spacial score (nSPS) is 22.2. The predicted molar refractivity (Wildman–Crippen MR) is 81.1 cm³/mol. The fourth-order valence-corrected chi connectivity index (χ4v) is 4.62. The van der Waals surface area contributed by atoms with Gasteiger partial charge in [0.1, 0.15) is 5.82 Å². The number of hydrogen-bond donors (Lipinski definition) is 1. The van der Waals surface area contributed by atoms with Crippen LogP contribution in [-0.2, 0) is 10.0 Å². The van der Waals surface area contributed by atoms with Gasteiger partial charge in [0.2, 0.25) is 10.0 Å². The second-order valence-electron chi connectivity index (χ2n) is 5.75. The van der Waals surface area contributed by atoms with Crippen LogP contribution in [0.4, 0.5) is 4.39 Å². The van der Waals surface area contributed by atoms with Gasteiger partial charge >= 0.3 is 0 Å². The molecule has 0 saturated carbocycles. The predicted octanol–water partition coefficient (Wildman–Crippen LogP) is 2.14. The Hall–Kier alpha value is -0.980. The average Bonchev–Trinajstić information content (AvgIpc) is 2.46. The Morgan fingerprint density at radius 3 is 2.76 bits per heavy atom. The third-order valence-corrected chi connectivity index (χ3v) is 6.36. The molecule has 118 valence electrons. The lowest BCUT2D eigenvalue weighted by Crippen LogP contribution is -2.45. The molecular weight excluding hydrogens is 291 g/mol. The van der Waals surface area contributed by atoms with Crippen molar-refractivity contribution >= 4 is 10.0 Å². The Labute approximate surface area is 126 Å². The summed E-state index contributed by atoms with van der Waals surface area (Å²) in [5.74, 6) is -0.106. The molecule has 0 aromatic heterocycles. The zero-order valence-corrected chi connectivity index (χ0v) is 13.6. The summed E-state index contributed by atoms with van der Waals surface area (Å²) in [6.45, 7) is 4.75. The number of nitrogens with one attached hydrogen (secondary N) is 1. The minimum atomic E-state index is -3.55. The highest BCUT2D eigenvalue weighted by atomic mass is 32.2. The molecule has 1 aromatic carbocycles. The van der Waals surface area contributed by atoms with E-state index in [2.05, 4.69) is 12.2 Å². The van der Waals surface area contributed by atoms with E-state index >= 15 is 0 Å². The molecule has 1 heterocycles. The van der Waals surface area contributed by atoms with Gasteiger partial charge in [-0.05, 0) is 63.4 Å². The standard InChI is InChI=1S/C15H23FN2O2S/c1-11-9-14(16)6-7-15(11)21(19,20)18-8-4-5-13(10-18)12(2)17-3/h6-7,9,12-13,17H,4-5,8,10H2,1-3H3. The van der Waals surface area contributed by atoms with Crippen molar-refractivity contribution in [2.75, 3.05) is 20.1 Å². The maximum atomic E-state index is 13.2. The van der Waals surface area contributed by atoms with E-state index in [0.717, 1.165) is 12.8 Å². The molecule has 1 saturated heterocycles. The van der Waals surface area contributed by atoms with Gasteiger partial charge in [-0.1, -0.05) is 0 Å². The van der Waals surface area contributed by atoms with Crippen LogP contribution in [0.15, 0.2) is 23.1 Å². The quantitative estimate of drug-likeness (QED) is 0.926. The summed E-state index contributed by atoms with van der Waals surface area (Å²) in [6, 6.07) is 4.12. The summed E-state index contributed by atoms with van der Waals surface area (Å²) in [4.78, 5) is 0.210.